The van der Waals surface area contributed by atoms with Crippen molar-refractivity contribution in [1.82, 2.24) is 0 Å². The smallest absolute Gasteiger partial charge is 0.136 e. The predicted molar refractivity (Wildman–Crippen MR) is 25.6 cm³/mol. The van der Waals surface area contributed by atoms with Gasteiger partial charge in [-0.25, -0.2) is 5.11 Å². The third-order valence-corrected chi connectivity index (χ3v) is 1.06. The lowest BCUT2D eigenvalue weighted by Gasteiger charge is -1.96. The molecular weight excluding hydrogens is 123 g/mol. The Morgan fingerprint density at radius 2 is 1.67 bits per heavy atom. The van der Waals surface area contributed by atoms with Gasteiger partial charge in [0.2, 0.25) is 0 Å². The molecule has 0 bridgehead atoms. The van der Waals surface area contributed by atoms with Gasteiger partial charge in [0, 0.05) is 0 Å². The summed E-state index contributed by atoms with van der Waals surface area (Å²) in [5.41, 5.74) is 0. The number of hydrogen-bond acceptors (Lipinski definition) is 0. The van der Waals surface area contributed by atoms with Gasteiger partial charge in [-0.05, 0) is 6.92 Å². The van der Waals surface area contributed by atoms with Crippen LogP contribution < -0.4 is 0 Å². The molecule has 1 nitrogen and oxygen atoms in total. The summed E-state index contributed by atoms with van der Waals surface area (Å²) in [5.74, 6) is 0. The first-order valence-corrected chi connectivity index (χ1v) is 2.46. The van der Waals surface area contributed by atoms with Crippen LogP contribution >= 0.6 is 23.2 Å². The Kier molecular flexibility index (Phi) is 2.91. The molecule has 37 valence electrons. The Hall–Kier alpha value is 0.540. The van der Waals surface area contributed by atoms with Crippen LogP contribution in [0.1, 0.15) is 6.92 Å². The first kappa shape index (κ1) is 6.54. The van der Waals surface area contributed by atoms with E-state index in [1.54, 1.807) is 0 Å². The van der Waals surface area contributed by atoms with Crippen LogP contribution in [0.15, 0.2) is 0 Å². The zero-order valence-electron chi connectivity index (χ0n) is 3.32. The topological polar surface area (TPSA) is 19.9 Å². The van der Waals surface area contributed by atoms with Gasteiger partial charge < -0.3 is 0 Å². The van der Waals surface area contributed by atoms with E-state index in [-0.39, 0.29) is 0 Å². The third-order valence-electron chi connectivity index (χ3n) is 0.355. The van der Waals surface area contributed by atoms with E-state index in [2.05, 4.69) is 0 Å². The van der Waals surface area contributed by atoms with Crippen molar-refractivity contribution in [3.8, 4) is 0 Å². The molecule has 0 aromatic carbocycles. The van der Waals surface area contributed by atoms with Crippen LogP contribution in [0, 0.1) is 0 Å². The van der Waals surface area contributed by atoms with Gasteiger partial charge in [0.15, 0.2) is 0 Å². The molecule has 1 atom stereocenters. The van der Waals surface area contributed by atoms with E-state index in [0.29, 0.717) is 0 Å². The van der Waals surface area contributed by atoms with E-state index in [4.69, 9.17) is 23.2 Å². The summed E-state index contributed by atoms with van der Waals surface area (Å²) >= 11 is 10.1. The van der Waals surface area contributed by atoms with E-state index in [1.165, 1.54) is 6.92 Å². The lowest BCUT2D eigenvalue weighted by Crippen LogP contribution is -2.06. The number of rotatable bonds is 1. The molecule has 1 unspecified atom stereocenters. The second kappa shape index (κ2) is 2.67. The molecule has 0 amide bonds. The largest absolute Gasteiger partial charge is 0.230 e. The average molecular weight is 128 g/mol. The zero-order valence-corrected chi connectivity index (χ0v) is 4.83. The minimum atomic E-state index is -0.867. The number of hydrogen-bond donors (Lipinski definition) is 0. The van der Waals surface area contributed by atoms with E-state index in [9.17, 15) is 5.11 Å². The molecule has 0 aliphatic carbocycles. The summed E-state index contributed by atoms with van der Waals surface area (Å²) in [4.78, 5) is -0.759. The average Bonchev–Trinajstić information content (AvgIpc) is 1.36. The maximum absolute atomic E-state index is 9.96. The maximum atomic E-state index is 9.96. The Bertz CT molecular complexity index is 29.8. The molecule has 3 heteroatoms. The summed E-state index contributed by atoms with van der Waals surface area (Å²) in [6.07, 6.45) is -0.867. The van der Waals surface area contributed by atoms with Crippen molar-refractivity contribution in [2.75, 3.05) is 0 Å². The van der Waals surface area contributed by atoms with Gasteiger partial charge >= 0.3 is 0 Å². The molecule has 0 rings (SSSR count). The molecule has 0 heterocycles. The normalized spacial score (nSPS) is 15.5. The highest BCUT2D eigenvalue weighted by atomic mass is 35.5. The van der Waals surface area contributed by atoms with Crippen LogP contribution in [0.25, 0.3) is 0 Å². The molecule has 0 aliphatic rings. The SMILES string of the molecule is CC([O])C(Cl)Cl. The molecule has 0 aromatic rings. The van der Waals surface area contributed by atoms with Crippen molar-refractivity contribution in [3.63, 3.8) is 0 Å². The minimum absolute atomic E-state index is 0.759. The molecule has 0 aromatic heterocycles. The molecule has 0 N–H and O–H groups in total. The zero-order chi connectivity index (χ0) is 5.15. The lowest BCUT2D eigenvalue weighted by atomic mass is 10.5. The van der Waals surface area contributed by atoms with Crippen molar-refractivity contribution in [2.24, 2.45) is 0 Å². The summed E-state index contributed by atoms with van der Waals surface area (Å²) in [6, 6.07) is 0. The fourth-order valence-electron chi connectivity index (χ4n) is 0. The molecule has 0 saturated heterocycles. The molecule has 0 fully saturated rings. The third kappa shape index (κ3) is 2.76. The first-order chi connectivity index (χ1) is 2.64. The van der Waals surface area contributed by atoms with Crippen LogP contribution in [0.2, 0.25) is 0 Å². The second-order valence-corrected chi connectivity index (χ2v) is 2.20. The van der Waals surface area contributed by atoms with Gasteiger partial charge in [-0.15, -0.1) is 23.2 Å². The van der Waals surface area contributed by atoms with Crippen molar-refractivity contribution in [2.45, 2.75) is 17.9 Å². The van der Waals surface area contributed by atoms with Crippen molar-refractivity contribution in [3.05, 3.63) is 0 Å². The van der Waals surface area contributed by atoms with Crippen LogP contribution in [-0.2, 0) is 5.11 Å². The van der Waals surface area contributed by atoms with Crippen LogP contribution in [-0.4, -0.2) is 10.9 Å². The highest BCUT2D eigenvalue weighted by Crippen LogP contribution is 2.05. The Labute approximate surface area is 46.9 Å². The number of alkyl halides is 2. The quantitative estimate of drug-likeness (QED) is 0.478. The van der Waals surface area contributed by atoms with Gasteiger partial charge in [-0.3, -0.25) is 0 Å². The Morgan fingerprint density at radius 1 is 1.50 bits per heavy atom. The molecular formula is C3H5Cl2O. The molecule has 0 spiro atoms. The van der Waals surface area contributed by atoms with Crippen molar-refractivity contribution >= 4 is 23.2 Å². The predicted octanol–water partition coefficient (Wildman–Crippen LogP) is 1.61. The lowest BCUT2D eigenvalue weighted by molar-refractivity contribution is 0.117. The van der Waals surface area contributed by atoms with Crippen LogP contribution in [0.5, 0.6) is 0 Å². The Balaban J connectivity index is 2.99. The molecule has 0 saturated carbocycles. The summed E-state index contributed by atoms with van der Waals surface area (Å²) < 4.78 is 0. The van der Waals surface area contributed by atoms with E-state index >= 15 is 0 Å². The molecule has 0 aliphatic heterocycles. The van der Waals surface area contributed by atoms with Crippen LogP contribution in [0.4, 0.5) is 0 Å². The van der Waals surface area contributed by atoms with Gasteiger partial charge in [0.05, 0.1) is 0 Å². The fourth-order valence-corrected chi connectivity index (χ4v) is 0. The maximum Gasteiger partial charge on any atom is 0.136 e. The first-order valence-electron chi connectivity index (χ1n) is 1.58. The second-order valence-electron chi connectivity index (χ2n) is 1.04. The van der Waals surface area contributed by atoms with E-state index < -0.39 is 10.9 Å². The summed E-state index contributed by atoms with van der Waals surface area (Å²) in [7, 11) is 0. The Morgan fingerprint density at radius 3 is 1.67 bits per heavy atom. The highest BCUT2D eigenvalue weighted by molar-refractivity contribution is 6.44. The monoisotopic (exact) mass is 127 g/mol. The highest BCUT2D eigenvalue weighted by Gasteiger charge is 2.05. The summed E-state index contributed by atoms with van der Waals surface area (Å²) in [5, 5.41) is 9.96. The van der Waals surface area contributed by atoms with Gasteiger partial charge in [-0.1, -0.05) is 0 Å². The van der Waals surface area contributed by atoms with Gasteiger partial charge in [0.1, 0.15) is 10.9 Å². The van der Waals surface area contributed by atoms with Gasteiger partial charge in [-0.2, -0.15) is 0 Å². The summed E-state index contributed by atoms with van der Waals surface area (Å²) in [6.45, 7) is 1.42. The fraction of sp³-hybridized carbons (Fsp3) is 1.00. The van der Waals surface area contributed by atoms with Crippen molar-refractivity contribution in [1.29, 1.82) is 0 Å². The van der Waals surface area contributed by atoms with E-state index in [1.807, 2.05) is 0 Å². The van der Waals surface area contributed by atoms with Gasteiger partial charge in [0.25, 0.3) is 0 Å². The molecule has 1 radical (unpaired) electrons. The van der Waals surface area contributed by atoms with Crippen LogP contribution in [0.3, 0.4) is 0 Å². The molecule has 6 heavy (non-hydrogen) atoms. The number of halogens is 2. The van der Waals surface area contributed by atoms with Crippen molar-refractivity contribution < 1.29 is 5.11 Å². The van der Waals surface area contributed by atoms with E-state index in [0.717, 1.165) is 0 Å². The minimum Gasteiger partial charge on any atom is -0.230 e. The standard InChI is InChI=1S/C3H5Cl2O/c1-2(6)3(4)5/h2-3H,1H3.